The van der Waals surface area contributed by atoms with Crippen molar-refractivity contribution in [3.8, 4) is 0 Å². The molecule has 0 bridgehead atoms. The number of anilines is 1. The van der Waals surface area contributed by atoms with Crippen LogP contribution in [0.25, 0.3) is 5.65 Å². The van der Waals surface area contributed by atoms with Crippen LogP contribution < -0.4 is 4.90 Å². The number of rotatable bonds is 5. The Kier molecular flexibility index (Phi) is 5.92. The fourth-order valence-electron chi connectivity index (χ4n) is 5.33. The van der Waals surface area contributed by atoms with E-state index in [1.54, 1.807) is 0 Å². The zero-order chi connectivity index (χ0) is 23.6. The first-order chi connectivity index (χ1) is 17.2. The van der Waals surface area contributed by atoms with Crippen LogP contribution in [-0.2, 0) is 6.54 Å². The molecule has 4 heterocycles. The number of aromatic nitrogens is 3. The van der Waals surface area contributed by atoms with Gasteiger partial charge in [0.1, 0.15) is 5.82 Å². The molecular weight excluding hydrogens is 436 g/mol. The van der Waals surface area contributed by atoms with Gasteiger partial charge in [-0.15, -0.1) is 10.2 Å². The van der Waals surface area contributed by atoms with Crippen LogP contribution in [-0.4, -0.2) is 69.6 Å². The van der Waals surface area contributed by atoms with Gasteiger partial charge in [0.2, 0.25) is 0 Å². The Morgan fingerprint density at radius 1 is 0.829 bits per heavy atom. The molecule has 2 aromatic heterocycles. The highest BCUT2D eigenvalue weighted by Crippen LogP contribution is 2.28. The summed E-state index contributed by atoms with van der Waals surface area (Å²) < 4.78 is 2.03. The lowest BCUT2D eigenvalue weighted by atomic mass is 10.1. The van der Waals surface area contributed by atoms with Crippen molar-refractivity contribution in [1.82, 2.24) is 24.4 Å². The Hall–Kier alpha value is -3.71. The molecule has 4 aromatic rings. The third-order valence-electron chi connectivity index (χ3n) is 7.25. The van der Waals surface area contributed by atoms with E-state index in [2.05, 4.69) is 74.6 Å². The Labute approximate surface area is 205 Å². The van der Waals surface area contributed by atoms with Crippen molar-refractivity contribution >= 4 is 17.2 Å². The van der Waals surface area contributed by atoms with Gasteiger partial charge in [0.25, 0.3) is 5.91 Å². The van der Waals surface area contributed by atoms with E-state index in [-0.39, 0.29) is 5.91 Å². The van der Waals surface area contributed by atoms with E-state index in [0.29, 0.717) is 11.5 Å². The molecule has 0 N–H and O–H groups in total. The molecule has 1 amide bonds. The number of para-hydroxylation sites is 1. The van der Waals surface area contributed by atoms with Crippen molar-refractivity contribution in [2.24, 2.45) is 0 Å². The molecule has 178 valence electrons. The second-order valence-electron chi connectivity index (χ2n) is 9.53. The summed E-state index contributed by atoms with van der Waals surface area (Å²) in [5, 5.41) is 8.92. The predicted molar refractivity (Wildman–Crippen MR) is 137 cm³/mol. The lowest BCUT2D eigenvalue weighted by Gasteiger charge is -2.36. The molecule has 1 unspecified atom stereocenters. The molecule has 0 saturated carbocycles. The van der Waals surface area contributed by atoms with Crippen molar-refractivity contribution < 1.29 is 4.79 Å². The highest BCUT2D eigenvalue weighted by atomic mass is 16.2. The minimum atomic E-state index is 0.0800. The number of likely N-dealkylation sites (tertiary alicyclic amines) is 1. The van der Waals surface area contributed by atoms with Crippen molar-refractivity contribution in [3.05, 3.63) is 95.9 Å². The number of benzene rings is 2. The summed E-state index contributed by atoms with van der Waals surface area (Å²) in [6.07, 6.45) is 2.99. The fraction of sp³-hybridized carbons (Fsp3) is 0.321. The van der Waals surface area contributed by atoms with E-state index in [9.17, 15) is 4.79 Å². The van der Waals surface area contributed by atoms with E-state index in [1.165, 1.54) is 11.3 Å². The SMILES string of the molecule is O=C(c1ccc2nnc(C3CCN(Cc4ccccc4)C3)n2c1)N1CCN(c2ccccc2)CC1. The summed E-state index contributed by atoms with van der Waals surface area (Å²) >= 11 is 0. The summed E-state index contributed by atoms with van der Waals surface area (Å²) in [5.41, 5.74) is 4.05. The van der Waals surface area contributed by atoms with Crippen LogP contribution >= 0.6 is 0 Å². The number of pyridine rings is 1. The van der Waals surface area contributed by atoms with Crippen LogP contribution in [0.1, 0.15) is 34.1 Å². The molecular formula is C28H30N6O. The molecule has 35 heavy (non-hydrogen) atoms. The normalized spacial score (nSPS) is 18.9. The minimum Gasteiger partial charge on any atom is -0.368 e. The Bertz CT molecular complexity index is 1300. The summed E-state index contributed by atoms with van der Waals surface area (Å²) in [7, 11) is 0. The molecule has 6 rings (SSSR count). The van der Waals surface area contributed by atoms with Crippen LogP contribution in [0, 0.1) is 0 Å². The summed E-state index contributed by atoms with van der Waals surface area (Å²) in [6.45, 7) is 6.07. The third kappa shape index (κ3) is 4.51. The molecule has 7 nitrogen and oxygen atoms in total. The first-order valence-electron chi connectivity index (χ1n) is 12.4. The van der Waals surface area contributed by atoms with Gasteiger partial charge in [-0.25, -0.2) is 0 Å². The Balaban J connectivity index is 1.14. The number of fused-ring (bicyclic) bond motifs is 1. The van der Waals surface area contributed by atoms with Gasteiger partial charge in [-0.05, 0) is 42.8 Å². The highest BCUT2D eigenvalue weighted by molar-refractivity contribution is 5.94. The minimum absolute atomic E-state index is 0.0800. The van der Waals surface area contributed by atoms with Crippen molar-refractivity contribution in [1.29, 1.82) is 0 Å². The van der Waals surface area contributed by atoms with Gasteiger partial charge in [0.05, 0.1) is 5.56 Å². The van der Waals surface area contributed by atoms with Gasteiger partial charge in [-0.1, -0.05) is 48.5 Å². The standard InChI is InChI=1S/C28H30N6O/c35-28(33-17-15-32(16-18-33)25-9-5-2-6-10-25)24-11-12-26-29-30-27(34(26)21-24)23-13-14-31(20-23)19-22-7-3-1-4-8-22/h1-12,21,23H,13-20H2. The number of hydrogen-bond acceptors (Lipinski definition) is 5. The summed E-state index contributed by atoms with van der Waals surface area (Å²) in [4.78, 5) is 20.1. The van der Waals surface area contributed by atoms with E-state index in [1.807, 2.05) is 33.7 Å². The summed E-state index contributed by atoms with van der Waals surface area (Å²) in [5.74, 6) is 1.35. The molecule has 0 spiro atoms. The average molecular weight is 467 g/mol. The van der Waals surface area contributed by atoms with Crippen LogP contribution in [0.5, 0.6) is 0 Å². The van der Waals surface area contributed by atoms with Gasteiger partial charge in [0.15, 0.2) is 5.65 Å². The molecule has 2 aliphatic heterocycles. The number of piperazine rings is 1. The fourth-order valence-corrected chi connectivity index (χ4v) is 5.33. The number of carbonyl (C=O) groups is 1. The maximum Gasteiger partial charge on any atom is 0.255 e. The van der Waals surface area contributed by atoms with Gasteiger partial charge >= 0.3 is 0 Å². The molecule has 2 aromatic carbocycles. The second kappa shape index (κ2) is 9.50. The number of carbonyl (C=O) groups excluding carboxylic acids is 1. The number of hydrogen-bond donors (Lipinski definition) is 0. The zero-order valence-electron chi connectivity index (χ0n) is 19.8. The quantitative estimate of drug-likeness (QED) is 0.449. The van der Waals surface area contributed by atoms with Crippen LogP contribution in [0.4, 0.5) is 5.69 Å². The first kappa shape index (κ1) is 21.8. The molecule has 7 heteroatoms. The molecule has 0 aliphatic carbocycles. The topological polar surface area (TPSA) is 57.0 Å². The molecule has 2 fully saturated rings. The van der Waals surface area contributed by atoms with E-state index >= 15 is 0 Å². The summed E-state index contributed by atoms with van der Waals surface area (Å²) in [6, 6.07) is 24.8. The Morgan fingerprint density at radius 3 is 2.34 bits per heavy atom. The highest BCUT2D eigenvalue weighted by Gasteiger charge is 2.28. The van der Waals surface area contributed by atoms with Crippen molar-refractivity contribution in [2.75, 3.05) is 44.2 Å². The van der Waals surface area contributed by atoms with E-state index < -0.39 is 0 Å². The zero-order valence-corrected chi connectivity index (χ0v) is 19.8. The van der Waals surface area contributed by atoms with Crippen LogP contribution in [0.3, 0.4) is 0 Å². The van der Waals surface area contributed by atoms with Gasteiger partial charge in [-0.2, -0.15) is 0 Å². The van der Waals surface area contributed by atoms with Gasteiger partial charge in [0, 0.05) is 57.1 Å². The van der Waals surface area contributed by atoms with Crippen LogP contribution in [0.2, 0.25) is 0 Å². The monoisotopic (exact) mass is 466 g/mol. The molecule has 1 atom stereocenters. The lowest BCUT2D eigenvalue weighted by molar-refractivity contribution is 0.0746. The number of nitrogens with zero attached hydrogens (tertiary/aromatic N) is 6. The lowest BCUT2D eigenvalue weighted by Crippen LogP contribution is -2.48. The van der Waals surface area contributed by atoms with Crippen molar-refractivity contribution in [2.45, 2.75) is 18.9 Å². The second-order valence-corrected chi connectivity index (χ2v) is 9.53. The predicted octanol–water partition coefficient (Wildman–Crippen LogP) is 3.68. The first-order valence-corrected chi connectivity index (χ1v) is 12.4. The average Bonchev–Trinajstić information content (AvgIpc) is 3.56. The largest absolute Gasteiger partial charge is 0.368 e. The maximum absolute atomic E-state index is 13.3. The third-order valence-corrected chi connectivity index (χ3v) is 7.25. The molecule has 2 saturated heterocycles. The van der Waals surface area contributed by atoms with Crippen molar-refractivity contribution in [3.63, 3.8) is 0 Å². The Morgan fingerprint density at radius 2 is 1.57 bits per heavy atom. The maximum atomic E-state index is 13.3. The van der Waals surface area contributed by atoms with Gasteiger partial charge in [-0.3, -0.25) is 14.1 Å². The number of amides is 1. The van der Waals surface area contributed by atoms with E-state index in [0.717, 1.165) is 63.7 Å². The molecule has 0 radical (unpaired) electrons. The smallest absolute Gasteiger partial charge is 0.255 e. The van der Waals surface area contributed by atoms with Crippen LogP contribution in [0.15, 0.2) is 79.0 Å². The molecule has 2 aliphatic rings. The van der Waals surface area contributed by atoms with E-state index in [4.69, 9.17) is 0 Å². The van der Waals surface area contributed by atoms with Gasteiger partial charge < -0.3 is 9.80 Å².